The molecule has 0 aromatic heterocycles. The van der Waals surface area contributed by atoms with Crippen LogP contribution in [-0.4, -0.2) is 28.7 Å². The van der Waals surface area contributed by atoms with Crippen LogP contribution < -0.4 is 5.32 Å². The molecule has 0 spiro atoms. The van der Waals surface area contributed by atoms with Crippen molar-refractivity contribution in [1.82, 2.24) is 10.2 Å². The second-order valence-corrected chi connectivity index (χ2v) is 6.94. The second kappa shape index (κ2) is 6.93. The largest absolute Gasteiger partial charge is 0.350 e. The third kappa shape index (κ3) is 3.05. The number of imide groups is 1. The third-order valence-electron chi connectivity index (χ3n) is 5.05. The summed E-state index contributed by atoms with van der Waals surface area (Å²) >= 11 is 6.07. The van der Waals surface area contributed by atoms with Gasteiger partial charge in [0.1, 0.15) is 6.04 Å². The Bertz CT molecular complexity index is 652. The van der Waals surface area contributed by atoms with E-state index in [0.29, 0.717) is 5.02 Å². The van der Waals surface area contributed by atoms with Gasteiger partial charge in [0.05, 0.1) is 11.8 Å². The number of likely N-dealkylation sites (tertiary alicyclic amines) is 1. The molecule has 3 atom stereocenters. The number of carbonyl (C=O) groups is 3. The SMILES string of the molecule is C[C@@H](C(=O)NCc1ccccc1Cl)N1C(=O)[C@H]2CCCC[C@@H]2C1=O. The lowest BCUT2D eigenvalue weighted by atomic mass is 9.81. The highest BCUT2D eigenvalue weighted by Gasteiger charge is 2.50. The van der Waals surface area contributed by atoms with Gasteiger partial charge in [-0.3, -0.25) is 19.3 Å². The van der Waals surface area contributed by atoms with E-state index in [1.54, 1.807) is 13.0 Å². The zero-order valence-corrected chi connectivity index (χ0v) is 14.4. The van der Waals surface area contributed by atoms with E-state index in [-0.39, 0.29) is 36.1 Å². The fraction of sp³-hybridized carbons (Fsp3) is 0.500. The van der Waals surface area contributed by atoms with Crippen molar-refractivity contribution in [3.8, 4) is 0 Å². The maximum absolute atomic E-state index is 12.5. The zero-order chi connectivity index (χ0) is 17.3. The fourth-order valence-corrected chi connectivity index (χ4v) is 3.86. The Morgan fingerprint density at radius 2 is 1.79 bits per heavy atom. The Morgan fingerprint density at radius 1 is 1.21 bits per heavy atom. The second-order valence-electron chi connectivity index (χ2n) is 6.53. The fourth-order valence-electron chi connectivity index (χ4n) is 3.66. The van der Waals surface area contributed by atoms with Crippen LogP contribution in [0, 0.1) is 11.8 Å². The molecule has 6 heteroatoms. The van der Waals surface area contributed by atoms with Gasteiger partial charge in [-0.15, -0.1) is 0 Å². The molecule has 1 heterocycles. The van der Waals surface area contributed by atoms with Crippen LogP contribution >= 0.6 is 11.6 Å². The Labute approximate surface area is 146 Å². The Morgan fingerprint density at radius 3 is 2.38 bits per heavy atom. The van der Waals surface area contributed by atoms with Crippen molar-refractivity contribution in [2.24, 2.45) is 11.8 Å². The average Bonchev–Trinajstić information content (AvgIpc) is 2.85. The molecule has 24 heavy (non-hydrogen) atoms. The first-order valence-electron chi connectivity index (χ1n) is 8.38. The molecule has 2 fully saturated rings. The number of rotatable bonds is 4. The van der Waals surface area contributed by atoms with Gasteiger partial charge in [-0.1, -0.05) is 42.6 Å². The predicted molar refractivity (Wildman–Crippen MR) is 90.1 cm³/mol. The normalized spacial score (nSPS) is 24.7. The Balaban J connectivity index is 1.66. The van der Waals surface area contributed by atoms with E-state index in [1.807, 2.05) is 18.2 Å². The van der Waals surface area contributed by atoms with E-state index < -0.39 is 6.04 Å². The lowest BCUT2D eigenvalue weighted by molar-refractivity contribution is -0.147. The van der Waals surface area contributed by atoms with E-state index in [2.05, 4.69) is 5.32 Å². The van der Waals surface area contributed by atoms with Crippen LogP contribution in [0.4, 0.5) is 0 Å². The first kappa shape index (κ1) is 17.0. The molecule has 1 N–H and O–H groups in total. The summed E-state index contributed by atoms with van der Waals surface area (Å²) in [5, 5.41) is 3.34. The first-order valence-corrected chi connectivity index (χ1v) is 8.76. The molecule has 1 aliphatic heterocycles. The van der Waals surface area contributed by atoms with Crippen LogP contribution in [0.15, 0.2) is 24.3 Å². The minimum Gasteiger partial charge on any atom is -0.350 e. The van der Waals surface area contributed by atoms with Crippen molar-refractivity contribution in [2.75, 3.05) is 0 Å². The molecule has 0 unspecified atom stereocenters. The molecular formula is C18H21ClN2O3. The van der Waals surface area contributed by atoms with Crippen LogP contribution in [0.2, 0.25) is 5.02 Å². The summed E-state index contributed by atoms with van der Waals surface area (Å²) in [4.78, 5) is 38.6. The highest BCUT2D eigenvalue weighted by molar-refractivity contribution is 6.31. The van der Waals surface area contributed by atoms with Gasteiger partial charge in [0.15, 0.2) is 0 Å². The number of hydrogen-bond acceptors (Lipinski definition) is 3. The van der Waals surface area contributed by atoms with Crippen LogP contribution in [0.25, 0.3) is 0 Å². The highest BCUT2D eigenvalue weighted by Crippen LogP contribution is 2.38. The van der Waals surface area contributed by atoms with E-state index in [4.69, 9.17) is 11.6 Å². The molecule has 128 valence electrons. The Hall–Kier alpha value is -1.88. The molecule has 0 bridgehead atoms. The monoisotopic (exact) mass is 348 g/mol. The van der Waals surface area contributed by atoms with Crippen molar-refractivity contribution in [2.45, 2.75) is 45.2 Å². The number of halogens is 1. The van der Waals surface area contributed by atoms with Crippen molar-refractivity contribution >= 4 is 29.3 Å². The summed E-state index contributed by atoms with van der Waals surface area (Å²) in [6.07, 6.45) is 3.45. The van der Waals surface area contributed by atoms with Crippen LogP contribution in [0.3, 0.4) is 0 Å². The summed E-state index contributed by atoms with van der Waals surface area (Å²) in [5.41, 5.74) is 0.799. The highest BCUT2D eigenvalue weighted by atomic mass is 35.5. The smallest absolute Gasteiger partial charge is 0.243 e. The van der Waals surface area contributed by atoms with E-state index in [1.165, 1.54) is 4.90 Å². The summed E-state index contributed by atoms with van der Waals surface area (Å²) in [6, 6.07) is 6.45. The van der Waals surface area contributed by atoms with E-state index >= 15 is 0 Å². The van der Waals surface area contributed by atoms with Crippen LogP contribution in [0.5, 0.6) is 0 Å². The number of nitrogens with one attached hydrogen (secondary N) is 1. The Kier molecular flexibility index (Phi) is 4.90. The first-order chi connectivity index (χ1) is 11.5. The number of nitrogens with zero attached hydrogens (tertiary/aromatic N) is 1. The molecule has 2 aliphatic rings. The molecular weight excluding hydrogens is 328 g/mol. The van der Waals surface area contributed by atoms with Gasteiger partial charge in [-0.05, 0) is 31.4 Å². The molecule has 1 aliphatic carbocycles. The standard InChI is InChI=1S/C18H21ClN2O3/c1-11(16(22)20-10-12-6-2-5-9-15(12)19)21-17(23)13-7-3-4-8-14(13)18(21)24/h2,5-6,9,11,13-14H,3-4,7-8,10H2,1H3,(H,20,22)/t11-,13-,14-/m0/s1. The molecule has 3 rings (SSSR count). The number of carbonyl (C=O) groups excluding carboxylic acids is 3. The zero-order valence-electron chi connectivity index (χ0n) is 13.6. The molecule has 1 aromatic rings. The molecule has 3 amide bonds. The lowest BCUT2D eigenvalue weighted by Gasteiger charge is -2.22. The van der Waals surface area contributed by atoms with E-state index in [9.17, 15) is 14.4 Å². The van der Waals surface area contributed by atoms with Crippen molar-refractivity contribution in [3.63, 3.8) is 0 Å². The van der Waals surface area contributed by atoms with Gasteiger partial charge < -0.3 is 5.32 Å². The molecule has 1 saturated heterocycles. The third-order valence-corrected chi connectivity index (χ3v) is 5.42. The molecule has 0 radical (unpaired) electrons. The lowest BCUT2D eigenvalue weighted by Crippen LogP contribution is -2.48. The number of hydrogen-bond donors (Lipinski definition) is 1. The molecule has 5 nitrogen and oxygen atoms in total. The van der Waals surface area contributed by atoms with Crippen LogP contribution in [0.1, 0.15) is 38.2 Å². The quantitative estimate of drug-likeness (QED) is 0.850. The minimum atomic E-state index is -0.793. The predicted octanol–water partition coefficient (Wildman–Crippen LogP) is 2.52. The van der Waals surface area contributed by atoms with E-state index in [0.717, 1.165) is 31.2 Å². The maximum atomic E-state index is 12.5. The minimum absolute atomic E-state index is 0.190. The summed E-state index contributed by atoms with van der Waals surface area (Å²) in [5.74, 6) is -1.18. The molecule has 1 saturated carbocycles. The summed E-state index contributed by atoms with van der Waals surface area (Å²) in [7, 11) is 0. The summed E-state index contributed by atoms with van der Waals surface area (Å²) < 4.78 is 0. The van der Waals surface area contributed by atoms with Gasteiger partial charge in [-0.2, -0.15) is 0 Å². The van der Waals surface area contributed by atoms with Crippen molar-refractivity contribution in [3.05, 3.63) is 34.9 Å². The van der Waals surface area contributed by atoms with Gasteiger partial charge in [0, 0.05) is 11.6 Å². The van der Waals surface area contributed by atoms with Gasteiger partial charge in [0.25, 0.3) is 0 Å². The van der Waals surface area contributed by atoms with Gasteiger partial charge in [-0.25, -0.2) is 0 Å². The van der Waals surface area contributed by atoms with Gasteiger partial charge in [0.2, 0.25) is 17.7 Å². The maximum Gasteiger partial charge on any atom is 0.243 e. The average molecular weight is 349 g/mol. The number of amides is 3. The van der Waals surface area contributed by atoms with Crippen molar-refractivity contribution < 1.29 is 14.4 Å². The van der Waals surface area contributed by atoms with Crippen LogP contribution in [-0.2, 0) is 20.9 Å². The number of benzene rings is 1. The van der Waals surface area contributed by atoms with Gasteiger partial charge >= 0.3 is 0 Å². The summed E-state index contributed by atoms with van der Waals surface area (Å²) in [6.45, 7) is 1.88. The topological polar surface area (TPSA) is 66.5 Å². The van der Waals surface area contributed by atoms with Crippen molar-refractivity contribution in [1.29, 1.82) is 0 Å². The molecule has 1 aromatic carbocycles. The number of fused-ring (bicyclic) bond motifs is 1.